The molecule has 3 aromatic rings. The Morgan fingerprint density at radius 1 is 1.29 bits per heavy atom. The van der Waals surface area contributed by atoms with E-state index in [4.69, 9.17) is 16.3 Å². The molecule has 144 valence electrons. The van der Waals surface area contributed by atoms with Gasteiger partial charge in [0.1, 0.15) is 5.15 Å². The molecule has 1 aromatic carbocycles. The number of esters is 1. The maximum absolute atomic E-state index is 12.5. The summed E-state index contributed by atoms with van der Waals surface area (Å²) in [6.07, 6.45) is 0.778. The lowest BCUT2D eigenvalue weighted by Gasteiger charge is -2.15. The Hall–Kier alpha value is -2.29. The van der Waals surface area contributed by atoms with Crippen molar-refractivity contribution >= 4 is 55.9 Å². The molecule has 9 heteroatoms. The number of pyridine rings is 1. The number of anilines is 1. The van der Waals surface area contributed by atoms with Crippen molar-refractivity contribution in [1.82, 2.24) is 9.97 Å². The zero-order valence-corrected chi connectivity index (χ0v) is 17.8. The van der Waals surface area contributed by atoms with Gasteiger partial charge in [-0.15, -0.1) is 11.3 Å². The van der Waals surface area contributed by atoms with E-state index in [-0.39, 0.29) is 10.7 Å². The lowest BCUT2D eigenvalue weighted by Crippen LogP contribution is -2.32. The van der Waals surface area contributed by atoms with Gasteiger partial charge in [-0.25, -0.2) is 14.8 Å². The van der Waals surface area contributed by atoms with Gasteiger partial charge in [0.05, 0.1) is 11.3 Å². The van der Waals surface area contributed by atoms with Gasteiger partial charge in [-0.3, -0.25) is 10.1 Å². The molecule has 0 saturated carbocycles. The molecule has 1 amide bonds. The van der Waals surface area contributed by atoms with Gasteiger partial charge in [-0.2, -0.15) is 0 Å². The number of carbonyl (C=O) groups is 2. The predicted molar refractivity (Wildman–Crippen MR) is 113 cm³/mol. The van der Waals surface area contributed by atoms with E-state index in [9.17, 15) is 9.59 Å². The number of benzene rings is 1. The summed E-state index contributed by atoms with van der Waals surface area (Å²) in [5, 5.41) is 5.17. The largest absolute Gasteiger partial charge is 0.449 e. The van der Waals surface area contributed by atoms with Crippen LogP contribution in [0.4, 0.5) is 5.13 Å². The number of aromatic nitrogens is 2. The average Bonchev–Trinajstić information content (AvgIpc) is 3.14. The van der Waals surface area contributed by atoms with Gasteiger partial charge in [0.15, 0.2) is 11.2 Å². The highest BCUT2D eigenvalue weighted by Gasteiger charge is 2.23. The topological polar surface area (TPSA) is 81.2 Å². The van der Waals surface area contributed by atoms with Crippen molar-refractivity contribution in [3.05, 3.63) is 63.2 Å². The minimum Gasteiger partial charge on any atom is -0.449 e. The maximum atomic E-state index is 12.5. The van der Waals surface area contributed by atoms with Gasteiger partial charge in [0.25, 0.3) is 5.91 Å². The lowest BCUT2D eigenvalue weighted by molar-refractivity contribution is -0.124. The first-order valence-electron chi connectivity index (χ1n) is 8.31. The van der Waals surface area contributed by atoms with Crippen LogP contribution in [0, 0.1) is 0 Å². The van der Waals surface area contributed by atoms with E-state index in [0.29, 0.717) is 11.6 Å². The van der Waals surface area contributed by atoms with Gasteiger partial charge < -0.3 is 4.74 Å². The Morgan fingerprint density at radius 3 is 2.71 bits per heavy atom. The zero-order chi connectivity index (χ0) is 20.1. The van der Waals surface area contributed by atoms with Crippen LogP contribution in [-0.4, -0.2) is 27.9 Å². The van der Waals surface area contributed by atoms with Crippen molar-refractivity contribution < 1.29 is 14.3 Å². The molecule has 0 aliphatic heterocycles. The molecule has 1 unspecified atom stereocenters. The molecule has 0 fully saturated rings. The molecule has 0 bridgehead atoms. The summed E-state index contributed by atoms with van der Waals surface area (Å²) in [6, 6.07) is 10.6. The highest BCUT2D eigenvalue weighted by Crippen LogP contribution is 2.26. The van der Waals surface area contributed by atoms with Crippen molar-refractivity contribution in [2.24, 2.45) is 0 Å². The van der Waals surface area contributed by atoms with Crippen LogP contribution >= 0.6 is 38.9 Å². The van der Waals surface area contributed by atoms with E-state index in [0.717, 1.165) is 15.7 Å². The molecule has 0 spiro atoms. The third kappa shape index (κ3) is 5.15. The second-order valence-corrected chi connectivity index (χ2v) is 7.86. The van der Waals surface area contributed by atoms with Gasteiger partial charge in [0.2, 0.25) is 0 Å². The molecule has 6 nitrogen and oxygen atoms in total. The van der Waals surface area contributed by atoms with E-state index in [2.05, 4.69) is 31.2 Å². The molecule has 1 N–H and O–H groups in total. The zero-order valence-electron chi connectivity index (χ0n) is 14.7. The van der Waals surface area contributed by atoms with Gasteiger partial charge in [-0.05, 0) is 30.7 Å². The Morgan fingerprint density at radius 2 is 2.04 bits per heavy atom. The summed E-state index contributed by atoms with van der Waals surface area (Å²) < 4.78 is 6.29. The highest BCUT2D eigenvalue weighted by atomic mass is 79.9. The van der Waals surface area contributed by atoms with Crippen molar-refractivity contribution in [3.63, 3.8) is 0 Å². The molecular formula is C19H15BrClN3O3S. The first-order chi connectivity index (χ1) is 13.5. The maximum Gasteiger partial charge on any atom is 0.339 e. The van der Waals surface area contributed by atoms with Crippen LogP contribution in [-0.2, 0) is 9.53 Å². The first kappa shape index (κ1) is 20.4. The molecule has 28 heavy (non-hydrogen) atoms. The number of hydrogen-bond acceptors (Lipinski definition) is 6. The summed E-state index contributed by atoms with van der Waals surface area (Å²) in [5.41, 5.74) is 1.93. The second kappa shape index (κ2) is 9.27. The van der Waals surface area contributed by atoms with E-state index >= 15 is 0 Å². The van der Waals surface area contributed by atoms with Crippen LogP contribution in [0.1, 0.15) is 23.7 Å². The SMILES string of the molecule is CCC(OC(=O)c1ccnc(Cl)c1)C(=O)Nc1nc(-c2ccc(Br)cc2)cs1. The summed E-state index contributed by atoms with van der Waals surface area (Å²) in [5.74, 6) is -1.08. The Bertz CT molecular complexity index is 994. The smallest absolute Gasteiger partial charge is 0.339 e. The lowest BCUT2D eigenvalue weighted by atomic mass is 10.2. The van der Waals surface area contributed by atoms with Gasteiger partial charge in [0, 0.05) is 21.6 Å². The molecular weight excluding hydrogens is 466 g/mol. The monoisotopic (exact) mass is 479 g/mol. The van der Waals surface area contributed by atoms with E-state index in [1.807, 2.05) is 29.6 Å². The van der Waals surface area contributed by atoms with Gasteiger partial charge in [-0.1, -0.05) is 46.6 Å². The minimum atomic E-state index is -0.945. The van der Waals surface area contributed by atoms with Crippen LogP contribution < -0.4 is 5.32 Å². The summed E-state index contributed by atoms with van der Waals surface area (Å²) in [4.78, 5) is 33.0. The standard InChI is InChI=1S/C19H15BrClN3O3S/c1-2-15(27-18(26)12-7-8-22-16(21)9-12)17(25)24-19-23-14(10-28-19)11-3-5-13(20)6-4-11/h3-10,15H,2H2,1H3,(H,23,24,25). The summed E-state index contributed by atoms with van der Waals surface area (Å²) in [7, 11) is 0. The Kier molecular flexibility index (Phi) is 6.77. The van der Waals surface area contributed by atoms with Crippen molar-refractivity contribution in [1.29, 1.82) is 0 Å². The predicted octanol–water partition coefficient (Wildman–Crippen LogP) is 5.20. The van der Waals surface area contributed by atoms with Crippen LogP contribution in [0.25, 0.3) is 11.3 Å². The number of nitrogens with zero attached hydrogens (tertiary/aromatic N) is 2. The fraction of sp³-hybridized carbons (Fsp3) is 0.158. The van der Waals surface area contributed by atoms with Crippen molar-refractivity contribution in [2.45, 2.75) is 19.4 Å². The molecule has 3 rings (SSSR count). The van der Waals surface area contributed by atoms with Crippen LogP contribution in [0.3, 0.4) is 0 Å². The average molecular weight is 481 g/mol. The number of halogens is 2. The van der Waals surface area contributed by atoms with Crippen molar-refractivity contribution in [2.75, 3.05) is 5.32 Å². The fourth-order valence-corrected chi connectivity index (χ4v) is 3.48. The van der Waals surface area contributed by atoms with Crippen LogP contribution in [0.5, 0.6) is 0 Å². The van der Waals surface area contributed by atoms with Crippen LogP contribution in [0.15, 0.2) is 52.4 Å². The molecule has 0 aliphatic rings. The Balaban J connectivity index is 1.65. The van der Waals surface area contributed by atoms with E-state index in [1.54, 1.807) is 6.92 Å². The third-order valence-corrected chi connectivity index (χ3v) is 5.24. The number of rotatable bonds is 6. The molecule has 0 radical (unpaired) electrons. The molecule has 0 saturated heterocycles. The number of ether oxygens (including phenoxy) is 1. The van der Waals surface area contributed by atoms with E-state index in [1.165, 1.54) is 29.7 Å². The summed E-state index contributed by atoms with van der Waals surface area (Å²) in [6.45, 7) is 1.76. The quantitative estimate of drug-likeness (QED) is 0.388. The van der Waals surface area contributed by atoms with Crippen molar-refractivity contribution in [3.8, 4) is 11.3 Å². The number of carbonyl (C=O) groups excluding carboxylic acids is 2. The van der Waals surface area contributed by atoms with Crippen LogP contribution in [0.2, 0.25) is 5.15 Å². The number of thiazole rings is 1. The normalized spacial score (nSPS) is 11.7. The Labute approximate surface area is 179 Å². The first-order valence-corrected chi connectivity index (χ1v) is 10.4. The third-order valence-electron chi connectivity index (χ3n) is 3.75. The molecule has 1 atom stereocenters. The number of nitrogens with one attached hydrogen (secondary N) is 1. The highest BCUT2D eigenvalue weighted by molar-refractivity contribution is 9.10. The molecule has 2 aromatic heterocycles. The fourth-order valence-electron chi connectivity index (χ4n) is 2.32. The van der Waals surface area contributed by atoms with Gasteiger partial charge >= 0.3 is 5.97 Å². The van der Waals surface area contributed by atoms with E-state index < -0.39 is 18.0 Å². The number of amides is 1. The minimum absolute atomic E-state index is 0.176. The molecule has 0 aliphatic carbocycles. The summed E-state index contributed by atoms with van der Waals surface area (Å²) >= 11 is 10.5. The second-order valence-electron chi connectivity index (χ2n) is 5.70. The number of hydrogen-bond donors (Lipinski definition) is 1. The molecule has 2 heterocycles.